The molecule has 0 bridgehead atoms. The lowest BCUT2D eigenvalue weighted by Gasteiger charge is -2.37. The minimum Gasteiger partial charge on any atom is -0.432 e. The van der Waals surface area contributed by atoms with Crippen LogP contribution in [0.25, 0.3) is 0 Å². The highest BCUT2D eigenvalue weighted by atomic mass is 16.4. The summed E-state index contributed by atoms with van der Waals surface area (Å²) in [4.78, 5) is 18.8. The van der Waals surface area contributed by atoms with Crippen molar-refractivity contribution in [1.29, 1.82) is 0 Å². The molecule has 1 aliphatic carbocycles. The van der Waals surface area contributed by atoms with E-state index in [-0.39, 0.29) is 17.6 Å². The van der Waals surface area contributed by atoms with Crippen molar-refractivity contribution in [3.63, 3.8) is 0 Å². The summed E-state index contributed by atoms with van der Waals surface area (Å²) in [7, 11) is 0. The molecule has 3 unspecified atom stereocenters. The summed E-state index contributed by atoms with van der Waals surface area (Å²) in [5, 5.41) is 18.3. The molecule has 2 aromatic heterocycles. The van der Waals surface area contributed by atoms with Crippen LogP contribution in [0.3, 0.4) is 0 Å². The zero-order chi connectivity index (χ0) is 18.6. The molecule has 2 aliphatic rings. The molecule has 146 valence electrons. The van der Waals surface area contributed by atoms with Gasteiger partial charge < -0.3 is 19.7 Å². The lowest BCUT2D eigenvalue weighted by Crippen LogP contribution is -2.45. The second kappa shape index (κ2) is 8.12. The molecule has 0 aromatic carbocycles. The molecule has 1 saturated carbocycles. The summed E-state index contributed by atoms with van der Waals surface area (Å²) in [6.45, 7) is 1.60. The van der Waals surface area contributed by atoms with Gasteiger partial charge in [0.05, 0.1) is 18.3 Å². The van der Waals surface area contributed by atoms with Crippen LogP contribution in [0.5, 0.6) is 0 Å². The van der Waals surface area contributed by atoms with E-state index in [1.54, 1.807) is 24.6 Å². The van der Waals surface area contributed by atoms with Gasteiger partial charge in [0.2, 0.25) is 0 Å². The Bertz CT molecular complexity index is 791. The molecule has 4 rings (SSSR count). The molecule has 0 spiro atoms. The molecule has 2 N–H and O–H groups in total. The first kappa shape index (κ1) is 18.0. The number of piperidine rings is 1. The van der Waals surface area contributed by atoms with Gasteiger partial charge in [0, 0.05) is 25.2 Å². The normalized spacial score (nSPS) is 26.1. The highest BCUT2D eigenvalue weighted by Gasteiger charge is 2.28. The first-order chi connectivity index (χ1) is 13.2. The van der Waals surface area contributed by atoms with Crippen LogP contribution in [0.1, 0.15) is 51.0 Å². The zero-order valence-electron chi connectivity index (χ0n) is 15.5. The number of hydrogen-bond donors (Lipinski definition) is 2. The number of aliphatic hydroxyl groups is 1. The van der Waals surface area contributed by atoms with E-state index >= 15 is 0 Å². The third-order valence-electron chi connectivity index (χ3n) is 5.66. The van der Waals surface area contributed by atoms with Crippen molar-refractivity contribution >= 4 is 11.8 Å². The van der Waals surface area contributed by atoms with Crippen LogP contribution >= 0.6 is 0 Å². The standard InChI is InChI=1S/C19H27N5O3/c25-16-7-2-1-6-15(16)24-18(26)9-8-17(22-24)23-11-4-3-5-14(23)13-21-19-20-10-12-27-19/h8-10,12,14-16,25H,1-7,11,13H2,(H,20,21). The molecule has 2 aromatic rings. The SMILES string of the molecule is O=c1ccc(N2CCCCC2CNc2ncco2)nn1C1CCCCC1O. The van der Waals surface area contributed by atoms with E-state index in [0.717, 1.165) is 57.3 Å². The number of aromatic nitrogens is 3. The Morgan fingerprint density at radius 3 is 2.85 bits per heavy atom. The van der Waals surface area contributed by atoms with Gasteiger partial charge in [-0.3, -0.25) is 4.79 Å². The quantitative estimate of drug-likeness (QED) is 0.829. The lowest BCUT2D eigenvalue weighted by molar-refractivity contribution is 0.0669. The second-order valence-corrected chi connectivity index (χ2v) is 7.45. The molecule has 3 heterocycles. The fourth-order valence-electron chi connectivity index (χ4n) is 4.21. The van der Waals surface area contributed by atoms with Gasteiger partial charge in [-0.2, -0.15) is 5.10 Å². The van der Waals surface area contributed by atoms with Crippen molar-refractivity contribution in [1.82, 2.24) is 14.8 Å². The number of rotatable bonds is 5. The summed E-state index contributed by atoms with van der Waals surface area (Å²) in [5.74, 6) is 0.797. The van der Waals surface area contributed by atoms with Gasteiger partial charge in [0.1, 0.15) is 12.1 Å². The van der Waals surface area contributed by atoms with E-state index in [4.69, 9.17) is 4.42 Å². The van der Waals surface area contributed by atoms with Crippen molar-refractivity contribution in [2.24, 2.45) is 0 Å². The zero-order valence-corrected chi connectivity index (χ0v) is 15.5. The third kappa shape index (κ3) is 4.00. The van der Waals surface area contributed by atoms with E-state index in [1.807, 2.05) is 0 Å². The maximum atomic E-state index is 12.4. The van der Waals surface area contributed by atoms with Crippen LogP contribution in [0.15, 0.2) is 33.8 Å². The summed E-state index contributed by atoms with van der Waals surface area (Å²) in [6.07, 6.45) is 9.53. The molecule has 0 radical (unpaired) electrons. The smallest absolute Gasteiger partial charge is 0.294 e. The Morgan fingerprint density at radius 1 is 1.19 bits per heavy atom. The molecule has 27 heavy (non-hydrogen) atoms. The molecule has 3 atom stereocenters. The van der Waals surface area contributed by atoms with Gasteiger partial charge in [-0.25, -0.2) is 9.67 Å². The van der Waals surface area contributed by atoms with E-state index in [1.165, 1.54) is 4.68 Å². The average Bonchev–Trinajstić information content (AvgIpc) is 3.21. The highest BCUT2D eigenvalue weighted by Crippen LogP contribution is 2.28. The van der Waals surface area contributed by atoms with Gasteiger partial charge in [-0.05, 0) is 38.2 Å². The van der Waals surface area contributed by atoms with E-state index in [0.29, 0.717) is 12.6 Å². The molecule has 0 amide bonds. The van der Waals surface area contributed by atoms with Crippen LogP contribution in [-0.4, -0.2) is 45.1 Å². The minimum absolute atomic E-state index is 0.142. The number of hydrogen-bond acceptors (Lipinski definition) is 7. The van der Waals surface area contributed by atoms with Gasteiger partial charge >= 0.3 is 0 Å². The maximum absolute atomic E-state index is 12.4. The maximum Gasteiger partial charge on any atom is 0.294 e. The first-order valence-corrected chi connectivity index (χ1v) is 9.90. The van der Waals surface area contributed by atoms with Crippen LogP contribution in [0, 0.1) is 0 Å². The highest BCUT2D eigenvalue weighted by molar-refractivity contribution is 5.39. The Morgan fingerprint density at radius 2 is 2.04 bits per heavy atom. The van der Waals surface area contributed by atoms with E-state index in [9.17, 15) is 9.90 Å². The molecular weight excluding hydrogens is 346 g/mol. The van der Waals surface area contributed by atoms with Gasteiger partial charge in [0.15, 0.2) is 0 Å². The lowest BCUT2D eigenvalue weighted by atomic mass is 9.93. The molecule has 8 nitrogen and oxygen atoms in total. The van der Waals surface area contributed by atoms with Crippen molar-refractivity contribution in [3.8, 4) is 0 Å². The second-order valence-electron chi connectivity index (χ2n) is 7.45. The number of nitrogens with zero attached hydrogens (tertiary/aromatic N) is 4. The number of oxazole rings is 1. The van der Waals surface area contributed by atoms with Crippen molar-refractivity contribution in [2.45, 2.75) is 63.1 Å². The molecular formula is C19H27N5O3. The minimum atomic E-state index is -0.497. The molecule has 1 aliphatic heterocycles. The van der Waals surface area contributed by atoms with Crippen molar-refractivity contribution in [3.05, 3.63) is 34.9 Å². The summed E-state index contributed by atoms with van der Waals surface area (Å²) < 4.78 is 6.77. The van der Waals surface area contributed by atoms with Gasteiger partial charge in [-0.15, -0.1) is 0 Å². The van der Waals surface area contributed by atoms with Gasteiger partial charge in [0.25, 0.3) is 11.6 Å². The summed E-state index contributed by atoms with van der Waals surface area (Å²) in [5.41, 5.74) is -0.142. The predicted octanol–water partition coefficient (Wildman–Crippen LogP) is 2.18. The van der Waals surface area contributed by atoms with Crippen LogP contribution in [0.2, 0.25) is 0 Å². The Hall–Kier alpha value is -2.35. The Balaban J connectivity index is 1.54. The van der Waals surface area contributed by atoms with E-state index < -0.39 is 6.10 Å². The predicted molar refractivity (Wildman–Crippen MR) is 102 cm³/mol. The Kier molecular flexibility index (Phi) is 5.42. The third-order valence-corrected chi connectivity index (χ3v) is 5.66. The summed E-state index contributed by atoms with van der Waals surface area (Å²) >= 11 is 0. The average molecular weight is 373 g/mol. The van der Waals surface area contributed by atoms with E-state index in [2.05, 4.69) is 20.3 Å². The fraction of sp³-hybridized carbons (Fsp3) is 0.632. The van der Waals surface area contributed by atoms with Crippen LogP contribution in [0.4, 0.5) is 11.8 Å². The Labute approximate surface area is 158 Å². The number of anilines is 2. The summed E-state index contributed by atoms with van der Waals surface area (Å²) in [6, 6.07) is 3.93. The monoisotopic (exact) mass is 373 g/mol. The number of nitrogens with one attached hydrogen (secondary N) is 1. The molecule has 2 fully saturated rings. The first-order valence-electron chi connectivity index (χ1n) is 9.90. The molecule has 1 saturated heterocycles. The van der Waals surface area contributed by atoms with Crippen molar-refractivity contribution < 1.29 is 9.52 Å². The van der Waals surface area contributed by atoms with Gasteiger partial charge in [-0.1, -0.05) is 12.8 Å². The topological polar surface area (TPSA) is 96.4 Å². The largest absolute Gasteiger partial charge is 0.432 e. The number of aliphatic hydroxyl groups excluding tert-OH is 1. The van der Waals surface area contributed by atoms with Crippen LogP contribution in [-0.2, 0) is 0 Å². The van der Waals surface area contributed by atoms with Crippen molar-refractivity contribution in [2.75, 3.05) is 23.3 Å². The van der Waals surface area contributed by atoms with Crippen LogP contribution < -0.4 is 15.8 Å². The fourth-order valence-corrected chi connectivity index (χ4v) is 4.21. The molecule has 8 heteroatoms.